The molecule has 0 aliphatic carbocycles. The van der Waals surface area contributed by atoms with Gasteiger partial charge in [0.1, 0.15) is 0 Å². The van der Waals surface area contributed by atoms with Crippen LogP contribution in [0.25, 0.3) is 0 Å². The molecule has 0 aliphatic rings. The molecule has 2 aromatic rings. The molecule has 0 fully saturated rings. The first-order valence-electron chi connectivity index (χ1n) is 8.01. The molecule has 1 atom stereocenters. The van der Waals surface area contributed by atoms with Crippen LogP contribution in [-0.2, 0) is 19.9 Å². The molecule has 4 heteroatoms. The van der Waals surface area contributed by atoms with Crippen LogP contribution < -0.4 is 5.32 Å². The smallest absolute Gasteiger partial charge is 0.0521 e. The van der Waals surface area contributed by atoms with Gasteiger partial charge in [0, 0.05) is 24.2 Å². The minimum atomic E-state index is 0.630. The van der Waals surface area contributed by atoms with Gasteiger partial charge in [-0.3, -0.25) is 4.68 Å². The molecule has 0 spiro atoms. The average molecular weight is 305 g/mol. The van der Waals surface area contributed by atoms with E-state index in [0.717, 1.165) is 13.0 Å². The van der Waals surface area contributed by atoms with Crippen molar-refractivity contribution in [1.82, 2.24) is 15.1 Å². The van der Waals surface area contributed by atoms with E-state index in [9.17, 15) is 0 Å². The van der Waals surface area contributed by atoms with Crippen LogP contribution in [0.1, 0.15) is 43.0 Å². The normalized spacial score (nSPS) is 12.7. The lowest BCUT2D eigenvalue weighted by Gasteiger charge is -2.18. The quantitative estimate of drug-likeness (QED) is 0.723. The van der Waals surface area contributed by atoms with Crippen molar-refractivity contribution in [2.75, 3.05) is 6.54 Å². The third-order valence-corrected chi connectivity index (χ3v) is 4.71. The van der Waals surface area contributed by atoms with Gasteiger partial charge in [-0.1, -0.05) is 13.0 Å². The zero-order valence-electron chi connectivity index (χ0n) is 13.2. The highest BCUT2D eigenvalue weighted by molar-refractivity contribution is 7.09. The molecule has 116 valence electrons. The van der Waals surface area contributed by atoms with E-state index in [2.05, 4.69) is 41.0 Å². The number of thiophene rings is 1. The summed E-state index contributed by atoms with van der Waals surface area (Å²) in [5.74, 6) is 0. The predicted molar refractivity (Wildman–Crippen MR) is 90.9 cm³/mol. The molecule has 2 rings (SSSR count). The maximum absolute atomic E-state index is 4.25. The van der Waals surface area contributed by atoms with Crippen LogP contribution in [-0.4, -0.2) is 22.4 Å². The number of aromatic nitrogens is 2. The largest absolute Gasteiger partial charge is 0.314 e. The first kappa shape index (κ1) is 16.2. The molecule has 0 bridgehead atoms. The molecular weight excluding hydrogens is 278 g/mol. The third-order valence-electron chi connectivity index (χ3n) is 3.78. The van der Waals surface area contributed by atoms with Crippen LogP contribution in [0.5, 0.6) is 0 Å². The zero-order valence-corrected chi connectivity index (χ0v) is 14.0. The molecule has 2 heterocycles. The molecule has 0 amide bonds. The van der Waals surface area contributed by atoms with E-state index in [1.54, 1.807) is 0 Å². The Morgan fingerprint density at radius 1 is 1.33 bits per heavy atom. The molecule has 2 aromatic heterocycles. The van der Waals surface area contributed by atoms with Crippen molar-refractivity contribution in [3.8, 4) is 0 Å². The van der Waals surface area contributed by atoms with E-state index in [0.29, 0.717) is 6.04 Å². The minimum absolute atomic E-state index is 0.630. The van der Waals surface area contributed by atoms with Gasteiger partial charge in [-0.2, -0.15) is 5.10 Å². The number of nitrogens with zero attached hydrogens (tertiary/aromatic N) is 2. The second-order valence-corrected chi connectivity index (χ2v) is 6.72. The summed E-state index contributed by atoms with van der Waals surface area (Å²) in [6, 6.07) is 5.02. The lowest BCUT2D eigenvalue weighted by Crippen LogP contribution is -2.30. The van der Waals surface area contributed by atoms with E-state index >= 15 is 0 Å². The van der Waals surface area contributed by atoms with Gasteiger partial charge in [0.2, 0.25) is 0 Å². The molecule has 0 saturated carbocycles. The second kappa shape index (κ2) is 9.00. The standard InChI is InChI=1S/C17H27N3S/c1-3-11-18-16(6-4-7-17-8-5-12-21-17)10-9-15-13-19-20(2)14-15/h5,8,12-14,16,18H,3-4,6-7,9-11H2,1-2H3. The van der Waals surface area contributed by atoms with E-state index in [-0.39, 0.29) is 0 Å². The molecular formula is C17H27N3S. The Bertz CT molecular complexity index is 490. The van der Waals surface area contributed by atoms with Crippen LogP contribution in [0.3, 0.4) is 0 Å². The van der Waals surface area contributed by atoms with Crippen LogP contribution >= 0.6 is 11.3 Å². The summed E-state index contributed by atoms with van der Waals surface area (Å²) in [6.07, 6.45) is 11.4. The van der Waals surface area contributed by atoms with Gasteiger partial charge in [-0.15, -0.1) is 11.3 Å². The Kier molecular flexibility index (Phi) is 6.96. The molecule has 3 nitrogen and oxygen atoms in total. The monoisotopic (exact) mass is 305 g/mol. The molecule has 21 heavy (non-hydrogen) atoms. The van der Waals surface area contributed by atoms with Crippen LogP contribution in [0.2, 0.25) is 0 Å². The van der Waals surface area contributed by atoms with Crippen LogP contribution in [0, 0.1) is 0 Å². The van der Waals surface area contributed by atoms with E-state index < -0.39 is 0 Å². The number of aryl methyl sites for hydroxylation is 3. The highest BCUT2D eigenvalue weighted by Crippen LogP contribution is 2.15. The average Bonchev–Trinajstić information content (AvgIpc) is 3.13. The molecule has 0 saturated heterocycles. The molecule has 0 aromatic carbocycles. The summed E-state index contributed by atoms with van der Waals surface area (Å²) in [4.78, 5) is 1.51. The maximum Gasteiger partial charge on any atom is 0.0521 e. The lowest BCUT2D eigenvalue weighted by atomic mass is 10.0. The summed E-state index contributed by atoms with van der Waals surface area (Å²) in [5.41, 5.74) is 1.35. The van der Waals surface area contributed by atoms with Crippen molar-refractivity contribution in [3.63, 3.8) is 0 Å². The molecule has 0 radical (unpaired) electrons. The van der Waals surface area contributed by atoms with Crippen LogP contribution in [0.15, 0.2) is 29.9 Å². The van der Waals surface area contributed by atoms with Gasteiger partial charge in [0.25, 0.3) is 0 Å². The number of nitrogens with one attached hydrogen (secondary N) is 1. The van der Waals surface area contributed by atoms with Crippen molar-refractivity contribution < 1.29 is 0 Å². The Labute approximate surface area is 132 Å². The maximum atomic E-state index is 4.25. The van der Waals surface area contributed by atoms with Gasteiger partial charge >= 0.3 is 0 Å². The van der Waals surface area contributed by atoms with Crippen molar-refractivity contribution >= 4 is 11.3 Å². The van der Waals surface area contributed by atoms with Gasteiger partial charge in [0.05, 0.1) is 6.20 Å². The second-order valence-electron chi connectivity index (χ2n) is 5.68. The van der Waals surface area contributed by atoms with E-state index in [1.165, 1.54) is 42.5 Å². The molecule has 0 aliphatic heterocycles. The van der Waals surface area contributed by atoms with Gasteiger partial charge in [0.15, 0.2) is 0 Å². The summed E-state index contributed by atoms with van der Waals surface area (Å²) < 4.78 is 1.89. The van der Waals surface area contributed by atoms with Gasteiger partial charge in [-0.25, -0.2) is 0 Å². The SMILES string of the molecule is CCCNC(CCCc1cccs1)CCc1cnn(C)c1. The Balaban J connectivity index is 1.73. The Hall–Kier alpha value is -1.13. The minimum Gasteiger partial charge on any atom is -0.314 e. The summed E-state index contributed by atoms with van der Waals surface area (Å²) >= 11 is 1.87. The van der Waals surface area contributed by atoms with Crippen molar-refractivity contribution in [1.29, 1.82) is 0 Å². The lowest BCUT2D eigenvalue weighted by molar-refractivity contribution is 0.442. The molecule has 1 N–H and O–H groups in total. The fourth-order valence-electron chi connectivity index (χ4n) is 2.62. The first-order valence-corrected chi connectivity index (χ1v) is 8.89. The van der Waals surface area contributed by atoms with E-state index in [1.807, 2.05) is 29.3 Å². The molecule has 1 unspecified atom stereocenters. The summed E-state index contributed by atoms with van der Waals surface area (Å²) in [7, 11) is 1.98. The highest BCUT2D eigenvalue weighted by atomic mass is 32.1. The Morgan fingerprint density at radius 2 is 2.24 bits per heavy atom. The van der Waals surface area contributed by atoms with E-state index in [4.69, 9.17) is 0 Å². The fourth-order valence-corrected chi connectivity index (χ4v) is 3.37. The van der Waals surface area contributed by atoms with Crippen LogP contribution in [0.4, 0.5) is 0 Å². The topological polar surface area (TPSA) is 29.9 Å². The third kappa shape index (κ3) is 6.02. The first-order chi connectivity index (χ1) is 10.3. The summed E-state index contributed by atoms with van der Waals surface area (Å²) in [6.45, 7) is 3.35. The van der Waals surface area contributed by atoms with Crippen molar-refractivity contribution in [2.24, 2.45) is 7.05 Å². The predicted octanol–water partition coefficient (Wildman–Crippen LogP) is 3.81. The van der Waals surface area contributed by atoms with Gasteiger partial charge in [-0.05, 0) is 62.1 Å². The van der Waals surface area contributed by atoms with Crippen molar-refractivity contribution in [2.45, 2.75) is 51.5 Å². The number of rotatable bonds is 10. The zero-order chi connectivity index (χ0) is 14.9. The highest BCUT2D eigenvalue weighted by Gasteiger charge is 2.09. The van der Waals surface area contributed by atoms with Crippen molar-refractivity contribution in [3.05, 3.63) is 40.3 Å². The Morgan fingerprint density at radius 3 is 2.90 bits per heavy atom. The fraction of sp³-hybridized carbons (Fsp3) is 0.588. The summed E-state index contributed by atoms with van der Waals surface area (Å²) in [5, 5.41) is 10.1. The number of hydrogen-bond acceptors (Lipinski definition) is 3. The van der Waals surface area contributed by atoms with Gasteiger partial charge < -0.3 is 5.32 Å². The number of hydrogen-bond donors (Lipinski definition) is 1.